The lowest BCUT2D eigenvalue weighted by Crippen LogP contribution is -2.20. The van der Waals surface area contributed by atoms with Crippen molar-refractivity contribution in [3.8, 4) is 34.3 Å². The molecule has 0 N–H and O–H groups in total. The maximum Gasteiger partial charge on any atom is 0.434 e. The number of nitrogens with zero attached hydrogens (tertiary/aromatic N) is 6. The molecule has 1 aliphatic carbocycles. The zero-order chi connectivity index (χ0) is 27.3. The van der Waals surface area contributed by atoms with E-state index in [9.17, 15) is 13.2 Å². The van der Waals surface area contributed by atoms with Crippen molar-refractivity contribution in [3.63, 3.8) is 0 Å². The van der Waals surface area contributed by atoms with Crippen molar-refractivity contribution >= 4 is 0 Å². The average molecular weight is 543 g/mol. The third-order valence-corrected chi connectivity index (χ3v) is 7.10. The summed E-state index contributed by atoms with van der Waals surface area (Å²) in [6, 6.07) is 6.08. The fraction of sp³-hybridized carbons (Fsp3) is 0.407. The molecule has 1 saturated carbocycles. The van der Waals surface area contributed by atoms with Crippen LogP contribution in [0.1, 0.15) is 61.7 Å². The monoisotopic (exact) mass is 542 g/mol. The van der Waals surface area contributed by atoms with E-state index in [1.54, 1.807) is 20.1 Å². The van der Waals surface area contributed by atoms with Crippen LogP contribution in [0.3, 0.4) is 0 Å². The molecule has 0 unspecified atom stereocenters. The van der Waals surface area contributed by atoms with Crippen LogP contribution < -0.4 is 9.47 Å². The van der Waals surface area contributed by atoms with E-state index in [0.29, 0.717) is 30.5 Å². The van der Waals surface area contributed by atoms with Gasteiger partial charge in [-0.1, -0.05) is 0 Å². The summed E-state index contributed by atoms with van der Waals surface area (Å²) in [5, 5.41) is 4.80. The quantitative estimate of drug-likeness (QED) is 0.260. The van der Waals surface area contributed by atoms with Crippen LogP contribution in [0.25, 0.3) is 22.6 Å². The first-order valence-corrected chi connectivity index (χ1v) is 12.8. The molecule has 0 spiro atoms. The van der Waals surface area contributed by atoms with Crippen molar-refractivity contribution in [2.45, 2.75) is 63.9 Å². The molecule has 204 valence electrons. The van der Waals surface area contributed by atoms with Crippen LogP contribution in [0.5, 0.6) is 11.6 Å². The SMILES string of the molecule is CCn1cc(C(F)(F)F)nc1-c1ccc(O[C@@H]2CCCn3nc(-c4c(OC)ncnc4C4CC4)cc32)cc1F. The number of aryl methyl sites for hydroxylation is 2. The van der Waals surface area contributed by atoms with E-state index >= 15 is 4.39 Å². The summed E-state index contributed by atoms with van der Waals surface area (Å²) in [4.78, 5) is 12.4. The van der Waals surface area contributed by atoms with Gasteiger partial charge in [-0.05, 0) is 50.8 Å². The van der Waals surface area contributed by atoms with Gasteiger partial charge in [-0.3, -0.25) is 4.68 Å². The van der Waals surface area contributed by atoms with Gasteiger partial charge in [0.25, 0.3) is 0 Å². The lowest BCUT2D eigenvalue weighted by molar-refractivity contribution is -0.140. The molecular formula is C27H26F4N6O2. The lowest BCUT2D eigenvalue weighted by Gasteiger charge is -2.24. The first-order valence-electron chi connectivity index (χ1n) is 12.8. The second-order valence-corrected chi connectivity index (χ2v) is 9.72. The number of hydrogen-bond acceptors (Lipinski definition) is 6. The minimum absolute atomic E-state index is 0.0283. The topological polar surface area (TPSA) is 79.9 Å². The van der Waals surface area contributed by atoms with E-state index in [4.69, 9.17) is 14.6 Å². The summed E-state index contributed by atoms with van der Waals surface area (Å²) in [5.74, 6) is 0.296. The number of aromatic nitrogens is 6. The number of rotatable bonds is 7. The van der Waals surface area contributed by atoms with Crippen LogP contribution in [0.15, 0.2) is 36.8 Å². The molecule has 4 aromatic rings. The fourth-order valence-electron chi connectivity index (χ4n) is 5.05. The second-order valence-electron chi connectivity index (χ2n) is 9.72. The minimum Gasteiger partial charge on any atom is -0.484 e. The maximum absolute atomic E-state index is 15.2. The first-order chi connectivity index (χ1) is 18.8. The Bertz CT molecular complexity index is 1530. The zero-order valence-electron chi connectivity index (χ0n) is 21.4. The summed E-state index contributed by atoms with van der Waals surface area (Å²) < 4.78 is 69.6. The number of benzene rings is 1. The Morgan fingerprint density at radius 3 is 2.62 bits per heavy atom. The van der Waals surface area contributed by atoms with Crippen LogP contribution in [-0.2, 0) is 19.3 Å². The highest BCUT2D eigenvalue weighted by molar-refractivity contribution is 5.69. The highest BCUT2D eigenvalue weighted by atomic mass is 19.4. The maximum atomic E-state index is 15.2. The Balaban J connectivity index is 1.29. The van der Waals surface area contributed by atoms with Crippen molar-refractivity contribution in [2.75, 3.05) is 7.11 Å². The minimum atomic E-state index is -4.62. The van der Waals surface area contributed by atoms with Crippen LogP contribution in [-0.4, -0.2) is 36.4 Å². The molecule has 1 fully saturated rings. The van der Waals surface area contributed by atoms with Crippen LogP contribution in [0.4, 0.5) is 17.6 Å². The molecule has 4 heterocycles. The predicted molar refractivity (Wildman–Crippen MR) is 133 cm³/mol. The molecule has 1 aliphatic heterocycles. The molecule has 1 aromatic carbocycles. The van der Waals surface area contributed by atoms with Gasteiger partial charge in [-0.25, -0.2) is 19.3 Å². The number of alkyl halides is 3. The third kappa shape index (κ3) is 4.72. The molecule has 0 bridgehead atoms. The summed E-state index contributed by atoms with van der Waals surface area (Å²) in [7, 11) is 1.57. The third-order valence-electron chi connectivity index (χ3n) is 7.10. The van der Waals surface area contributed by atoms with Gasteiger partial charge in [0.05, 0.1) is 29.6 Å². The van der Waals surface area contributed by atoms with Crippen LogP contribution >= 0.6 is 0 Å². The van der Waals surface area contributed by atoms with Gasteiger partial charge in [0.2, 0.25) is 5.88 Å². The van der Waals surface area contributed by atoms with Gasteiger partial charge in [-0.15, -0.1) is 0 Å². The van der Waals surface area contributed by atoms with Crippen LogP contribution in [0.2, 0.25) is 0 Å². The van der Waals surface area contributed by atoms with Crippen molar-refractivity contribution in [1.82, 2.24) is 29.3 Å². The van der Waals surface area contributed by atoms with Gasteiger partial charge in [0, 0.05) is 31.3 Å². The molecule has 0 amide bonds. The normalized spacial score (nSPS) is 17.2. The summed E-state index contributed by atoms with van der Waals surface area (Å²) in [5.41, 5.74) is 2.16. The molecule has 39 heavy (non-hydrogen) atoms. The largest absolute Gasteiger partial charge is 0.484 e. The summed E-state index contributed by atoms with van der Waals surface area (Å²) in [6.07, 6.45) is 1.02. The number of imidazole rings is 1. The number of methoxy groups -OCH3 is 1. The summed E-state index contributed by atoms with van der Waals surface area (Å²) >= 11 is 0. The van der Waals surface area contributed by atoms with Gasteiger partial charge < -0.3 is 14.0 Å². The molecular weight excluding hydrogens is 516 g/mol. The molecule has 1 atom stereocenters. The molecule has 0 saturated heterocycles. The molecule has 0 radical (unpaired) electrons. The fourth-order valence-corrected chi connectivity index (χ4v) is 5.05. The smallest absolute Gasteiger partial charge is 0.434 e. The van der Waals surface area contributed by atoms with E-state index in [2.05, 4.69) is 15.0 Å². The predicted octanol–water partition coefficient (Wildman–Crippen LogP) is 6.18. The molecule has 3 aromatic heterocycles. The zero-order valence-corrected chi connectivity index (χ0v) is 21.4. The van der Waals surface area contributed by atoms with Crippen molar-refractivity contribution in [3.05, 3.63) is 59.7 Å². The Labute approximate surface area is 221 Å². The summed E-state index contributed by atoms with van der Waals surface area (Å²) in [6.45, 7) is 2.59. The van der Waals surface area contributed by atoms with Crippen LogP contribution in [0, 0.1) is 5.82 Å². The van der Waals surface area contributed by atoms with Gasteiger partial charge in [0.15, 0.2) is 5.69 Å². The standard InChI is InChI=1S/C27H26F4N6O2/c1-3-36-13-22(27(29,30)31)34-25(36)17-9-8-16(11-18(17)28)39-21-5-4-10-37-20(21)12-19(35-37)23-24(15-6-7-15)32-14-33-26(23)38-2/h8-9,11-15,21H,3-7,10H2,1-2H3/t21-/m1/s1. The van der Waals surface area contributed by atoms with Crippen molar-refractivity contribution in [2.24, 2.45) is 0 Å². The number of halogens is 4. The average Bonchev–Trinajstić information content (AvgIpc) is 3.51. The number of fused-ring (bicyclic) bond motifs is 1. The Morgan fingerprint density at radius 1 is 1.10 bits per heavy atom. The Hall–Kier alpha value is -3.96. The molecule has 8 nitrogen and oxygen atoms in total. The van der Waals surface area contributed by atoms with Gasteiger partial charge in [0.1, 0.15) is 35.5 Å². The van der Waals surface area contributed by atoms with Gasteiger partial charge >= 0.3 is 6.18 Å². The van der Waals surface area contributed by atoms with E-state index in [1.165, 1.54) is 23.0 Å². The highest BCUT2D eigenvalue weighted by Crippen LogP contribution is 2.46. The van der Waals surface area contributed by atoms with E-state index in [-0.39, 0.29) is 29.8 Å². The number of hydrogen-bond donors (Lipinski definition) is 0. The highest BCUT2D eigenvalue weighted by Gasteiger charge is 2.36. The Kier molecular flexibility index (Phi) is 6.27. The van der Waals surface area contributed by atoms with Crippen molar-refractivity contribution < 1.29 is 27.0 Å². The second kappa shape index (κ2) is 9.65. The van der Waals surface area contributed by atoms with E-state index in [1.807, 2.05) is 10.7 Å². The van der Waals surface area contributed by atoms with E-state index in [0.717, 1.165) is 42.4 Å². The first kappa shape index (κ1) is 25.3. The number of ether oxygens (including phenoxy) is 2. The lowest BCUT2D eigenvalue weighted by atomic mass is 10.0. The molecule has 12 heteroatoms. The molecule has 6 rings (SSSR count). The Morgan fingerprint density at radius 2 is 1.92 bits per heavy atom. The van der Waals surface area contributed by atoms with Crippen molar-refractivity contribution in [1.29, 1.82) is 0 Å². The van der Waals surface area contributed by atoms with Gasteiger partial charge in [-0.2, -0.15) is 18.3 Å². The molecule has 2 aliphatic rings. The van der Waals surface area contributed by atoms with E-state index < -0.39 is 17.7 Å².